The summed E-state index contributed by atoms with van der Waals surface area (Å²) in [6.07, 6.45) is 0. The molecule has 0 aliphatic carbocycles. The number of hydrogen-bond acceptors (Lipinski definition) is 2. The number of aryl methyl sites for hydroxylation is 1. The van der Waals surface area contributed by atoms with Gasteiger partial charge in [0.15, 0.2) is 0 Å². The van der Waals surface area contributed by atoms with Crippen molar-refractivity contribution in [3.63, 3.8) is 0 Å². The van der Waals surface area contributed by atoms with Gasteiger partial charge in [0, 0.05) is 33.3 Å². The fourth-order valence-corrected chi connectivity index (χ4v) is 6.24. The summed E-state index contributed by atoms with van der Waals surface area (Å²) in [6.45, 7) is 2.14. The summed E-state index contributed by atoms with van der Waals surface area (Å²) >= 11 is 0. The highest BCUT2D eigenvalue weighted by atomic mass is 16.3. The first-order valence-corrected chi connectivity index (χ1v) is 14.7. The maximum atomic E-state index is 6.38. The maximum absolute atomic E-state index is 6.38. The Hall–Kier alpha value is -5.60. The number of furan rings is 1. The molecule has 0 atom stereocenters. The average Bonchev–Trinajstić information content (AvgIpc) is 3.41. The number of fused-ring (bicyclic) bond motifs is 3. The van der Waals surface area contributed by atoms with E-state index in [-0.39, 0.29) is 0 Å². The quantitative estimate of drug-likeness (QED) is 0.211. The van der Waals surface area contributed by atoms with E-state index in [4.69, 9.17) is 4.42 Å². The van der Waals surface area contributed by atoms with Gasteiger partial charge in [-0.05, 0) is 76.7 Å². The number of para-hydroxylation sites is 1. The largest absolute Gasteiger partial charge is 0.456 e. The van der Waals surface area contributed by atoms with Crippen molar-refractivity contribution in [3.05, 3.63) is 163 Å². The molecule has 0 aliphatic rings. The van der Waals surface area contributed by atoms with Crippen molar-refractivity contribution < 1.29 is 4.42 Å². The maximum Gasteiger partial charge on any atom is 0.138 e. The van der Waals surface area contributed by atoms with Gasteiger partial charge in [-0.2, -0.15) is 0 Å². The second-order valence-electron chi connectivity index (χ2n) is 11.0. The van der Waals surface area contributed by atoms with Crippen LogP contribution in [0.25, 0.3) is 55.0 Å². The minimum absolute atomic E-state index is 0.910. The van der Waals surface area contributed by atoms with E-state index in [2.05, 4.69) is 157 Å². The van der Waals surface area contributed by atoms with E-state index in [0.717, 1.165) is 44.9 Å². The van der Waals surface area contributed by atoms with Gasteiger partial charge in [0.1, 0.15) is 11.3 Å². The molecule has 0 aliphatic heterocycles. The highest BCUT2D eigenvalue weighted by Crippen LogP contribution is 2.42. The van der Waals surface area contributed by atoms with Crippen LogP contribution in [0.5, 0.6) is 0 Å². The minimum Gasteiger partial charge on any atom is -0.456 e. The van der Waals surface area contributed by atoms with Gasteiger partial charge in [0.25, 0.3) is 0 Å². The molecule has 0 saturated heterocycles. The molecular formula is C41H29NO. The van der Waals surface area contributed by atoms with Gasteiger partial charge in [-0.15, -0.1) is 0 Å². The molecule has 43 heavy (non-hydrogen) atoms. The van der Waals surface area contributed by atoms with Crippen LogP contribution >= 0.6 is 0 Å². The van der Waals surface area contributed by atoms with Gasteiger partial charge in [-0.25, -0.2) is 0 Å². The van der Waals surface area contributed by atoms with Gasteiger partial charge >= 0.3 is 0 Å². The van der Waals surface area contributed by atoms with E-state index in [9.17, 15) is 0 Å². The van der Waals surface area contributed by atoms with Gasteiger partial charge in [0.05, 0.1) is 5.69 Å². The molecule has 0 saturated carbocycles. The summed E-state index contributed by atoms with van der Waals surface area (Å²) in [7, 11) is 0. The SMILES string of the molecule is Cc1c(-c2cccc(N(c3ccc(-c4ccc5ccccc5c4)cc3)c3cccc4ccccc34)c2)oc2ccccc12. The predicted octanol–water partition coefficient (Wildman–Crippen LogP) is 11.9. The van der Waals surface area contributed by atoms with E-state index < -0.39 is 0 Å². The van der Waals surface area contributed by atoms with Gasteiger partial charge in [-0.1, -0.05) is 115 Å². The second-order valence-corrected chi connectivity index (χ2v) is 11.0. The smallest absolute Gasteiger partial charge is 0.138 e. The molecule has 1 heterocycles. The molecule has 7 aromatic carbocycles. The van der Waals surface area contributed by atoms with Crippen molar-refractivity contribution in [1.29, 1.82) is 0 Å². The van der Waals surface area contributed by atoms with E-state index in [1.165, 1.54) is 32.7 Å². The molecule has 0 fully saturated rings. The molecule has 2 heteroatoms. The molecule has 204 valence electrons. The first kappa shape index (κ1) is 25.1. The third-order valence-corrected chi connectivity index (χ3v) is 8.43. The lowest BCUT2D eigenvalue weighted by Crippen LogP contribution is -2.10. The van der Waals surface area contributed by atoms with Crippen molar-refractivity contribution in [2.45, 2.75) is 6.92 Å². The Morgan fingerprint density at radius 3 is 1.95 bits per heavy atom. The molecule has 0 radical (unpaired) electrons. The molecule has 0 bridgehead atoms. The second kappa shape index (κ2) is 10.3. The first-order valence-electron chi connectivity index (χ1n) is 14.7. The molecule has 0 N–H and O–H groups in total. The fourth-order valence-electron chi connectivity index (χ4n) is 6.24. The van der Waals surface area contributed by atoms with Crippen molar-refractivity contribution in [1.82, 2.24) is 0 Å². The molecule has 0 unspecified atom stereocenters. The number of benzene rings is 7. The molecule has 0 amide bonds. The van der Waals surface area contributed by atoms with Crippen molar-refractivity contribution >= 4 is 49.6 Å². The molecule has 1 aromatic heterocycles. The summed E-state index contributed by atoms with van der Waals surface area (Å²) in [5.41, 5.74) is 8.84. The zero-order valence-electron chi connectivity index (χ0n) is 23.9. The monoisotopic (exact) mass is 551 g/mol. The summed E-state index contributed by atoms with van der Waals surface area (Å²) in [5, 5.41) is 6.07. The van der Waals surface area contributed by atoms with Crippen LogP contribution in [0.1, 0.15) is 5.56 Å². The highest BCUT2D eigenvalue weighted by Gasteiger charge is 2.18. The van der Waals surface area contributed by atoms with Crippen molar-refractivity contribution in [2.75, 3.05) is 4.90 Å². The Balaban J connectivity index is 1.27. The Bertz CT molecular complexity index is 2250. The standard InChI is InChI=1S/C41H29NO/c1-28-37-16-6-7-19-40(37)43-41(28)34-14-8-15-36(27-34)42(39-18-9-13-31-11-4-5-17-38(31)39)35-24-22-30(23-25-35)33-21-20-29-10-2-3-12-32(29)26-33/h2-27H,1H3. The van der Waals surface area contributed by atoms with Crippen LogP contribution in [-0.4, -0.2) is 0 Å². The summed E-state index contributed by atoms with van der Waals surface area (Å²) < 4.78 is 6.38. The zero-order chi connectivity index (χ0) is 28.8. The van der Waals surface area contributed by atoms with Crippen LogP contribution in [0.3, 0.4) is 0 Å². The van der Waals surface area contributed by atoms with E-state index >= 15 is 0 Å². The van der Waals surface area contributed by atoms with Crippen LogP contribution in [0.2, 0.25) is 0 Å². The Morgan fingerprint density at radius 1 is 0.442 bits per heavy atom. The lowest BCUT2D eigenvalue weighted by atomic mass is 10.0. The molecule has 0 spiro atoms. The lowest BCUT2D eigenvalue weighted by molar-refractivity contribution is 0.629. The van der Waals surface area contributed by atoms with Crippen LogP contribution in [-0.2, 0) is 0 Å². The summed E-state index contributed by atoms with van der Waals surface area (Å²) in [4.78, 5) is 2.36. The van der Waals surface area contributed by atoms with Gasteiger partial charge in [-0.3, -0.25) is 0 Å². The molecule has 8 rings (SSSR count). The topological polar surface area (TPSA) is 16.4 Å². The number of rotatable bonds is 5. The lowest BCUT2D eigenvalue weighted by Gasteiger charge is -2.27. The van der Waals surface area contributed by atoms with Crippen LogP contribution in [0, 0.1) is 6.92 Å². The molecule has 2 nitrogen and oxygen atoms in total. The van der Waals surface area contributed by atoms with E-state index in [1.807, 2.05) is 12.1 Å². The van der Waals surface area contributed by atoms with Crippen molar-refractivity contribution in [2.24, 2.45) is 0 Å². The highest BCUT2D eigenvalue weighted by molar-refractivity contribution is 5.99. The third-order valence-electron chi connectivity index (χ3n) is 8.43. The summed E-state index contributed by atoms with van der Waals surface area (Å²) in [6, 6.07) is 56.1. The summed E-state index contributed by atoms with van der Waals surface area (Å²) in [5.74, 6) is 0.910. The van der Waals surface area contributed by atoms with Gasteiger partial charge < -0.3 is 9.32 Å². The number of anilines is 3. The first-order chi connectivity index (χ1) is 21.2. The van der Waals surface area contributed by atoms with E-state index in [0.29, 0.717) is 0 Å². The average molecular weight is 552 g/mol. The third kappa shape index (κ3) is 4.45. The van der Waals surface area contributed by atoms with Crippen LogP contribution in [0.4, 0.5) is 17.1 Å². The van der Waals surface area contributed by atoms with Gasteiger partial charge in [0.2, 0.25) is 0 Å². The van der Waals surface area contributed by atoms with Crippen LogP contribution in [0.15, 0.2) is 162 Å². The molecular weight excluding hydrogens is 522 g/mol. The van der Waals surface area contributed by atoms with E-state index in [1.54, 1.807) is 0 Å². The predicted molar refractivity (Wildman–Crippen MR) is 182 cm³/mol. The minimum atomic E-state index is 0.910. The Labute approximate surface area is 251 Å². The molecule has 8 aromatic rings. The fraction of sp³-hybridized carbons (Fsp3) is 0.0244. The zero-order valence-corrected chi connectivity index (χ0v) is 23.9. The number of hydrogen-bond donors (Lipinski definition) is 0. The van der Waals surface area contributed by atoms with Crippen molar-refractivity contribution in [3.8, 4) is 22.5 Å². The normalized spacial score (nSPS) is 11.4. The Kier molecular flexibility index (Phi) is 6.05. The van der Waals surface area contributed by atoms with Crippen LogP contribution < -0.4 is 4.90 Å². The Morgan fingerprint density at radius 2 is 1.12 bits per heavy atom. The number of nitrogens with zero attached hydrogens (tertiary/aromatic N) is 1.